The Morgan fingerprint density at radius 1 is 1.53 bits per heavy atom. The van der Waals surface area contributed by atoms with Crippen LogP contribution >= 0.6 is 0 Å². The number of hydrogen-bond donors (Lipinski definition) is 2. The molecule has 0 fully saturated rings. The summed E-state index contributed by atoms with van der Waals surface area (Å²) < 4.78 is 0. The number of benzene rings is 1. The van der Waals surface area contributed by atoms with Crippen molar-refractivity contribution in [2.45, 2.75) is 19.4 Å². The highest BCUT2D eigenvalue weighted by atomic mass is 16.1. The molecule has 4 heteroatoms. The minimum absolute atomic E-state index is 0.213. The fourth-order valence-corrected chi connectivity index (χ4v) is 1.66. The zero-order valence-electron chi connectivity index (χ0n) is 9.53. The van der Waals surface area contributed by atoms with Crippen LogP contribution in [0.4, 0.5) is 0 Å². The molecule has 0 aliphatic carbocycles. The van der Waals surface area contributed by atoms with E-state index in [9.17, 15) is 4.79 Å². The predicted octanol–water partition coefficient (Wildman–Crippen LogP) is 2.20. The van der Waals surface area contributed by atoms with E-state index < -0.39 is 6.04 Å². The molecule has 1 amide bonds. The lowest BCUT2D eigenvalue weighted by atomic mass is 10.1. The Morgan fingerprint density at radius 2 is 2.35 bits per heavy atom. The van der Waals surface area contributed by atoms with Crippen LogP contribution in [0.2, 0.25) is 0 Å². The van der Waals surface area contributed by atoms with Gasteiger partial charge in [-0.1, -0.05) is 13.0 Å². The summed E-state index contributed by atoms with van der Waals surface area (Å²) in [5.74, 6) is -0.213. The van der Waals surface area contributed by atoms with Crippen molar-refractivity contribution in [3.8, 4) is 6.07 Å². The second kappa shape index (κ2) is 4.71. The Hall–Kier alpha value is -2.28. The van der Waals surface area contributed by atoms with Gasteiger partial charge < -0.3 is 10.3 Å². The minimum Gasteiger partial charge on any atom is -0.361 e. The molecule has 86 valence electrons. The number of nitriles is 1. The van der Waals surface area contributed by atoms with E-state index in [1.807, 2.05) is 31.3 Å². The molecule has 4 nitrogen and oxygen atoms in total. The molecule has 1 aromatic heterocycles. The van der Waals surface area contributed by atoms with Crippen LogP contribution in [-0.2, 0) is 0 Å². The highest BCUT2D eigenvalue weighted by molar-refractivity contribution is 5.98. The van der Waals surface area contributed by atoms with E-state index in [-0.39, 0.29) is 5.91 Å². The van der Waals surface area contributed by atoms with Gasteiger partial charge in [0.05, 0.1) is 6.07 Å². The smallest absolute Gasteiger partial charge is 0.252 e. The Bertz CT molecular complexity index is 580. The van der Waals surface area contributed by atoms with Crippen LogP contribution in [0.15, 0.2) is 30.5 Å². The van der Waals surface area contributed by atoms with Crippen LogP contribution in [0.5, 0.6) is 0 Å². The maximum atomic E-state index is 11.9. The SMILES string of the molecule is CC[C@@H](C#N)NC(=O)c1ccc2cc[nH]c2c1. The van der Waals surface area contributed by atoms with Crippen LogP contribution in [0.1, 0.15) is 23.7 Å². The van der Waals surface area contributed by atoms with Gasteiger partial charge in [0, 0.05) is 17.3 Å². The quantitative estimate of drug-likeness (QED) is 0.844. The number of rotatable bonds is 3. The second-order valence-electron chi connectivity index (χ2n) is 3.84. The summed E-state index contributed by atoms with van der Waals surface area (Å²) >= 11 is 0. The van der Waals surface area contributed by atoms with Crippen LogP contribution < -0.4 is 5.32 Å². The average molecular weight is 227 g/mol. The fourth-order valence-electron chi connectivity index (χ4n) is 1.66. The number of carbonyl (C=O) groups excluding carboxylic acids is 1. The second-order valence-corrected chi connectivity index (χ2v) is 3.84. The van der Waals surface area contributed by atoms with E-state index in [0.717, 1.165) is 10.9 Å². The minimum atomic E-state index is -0.429. The van der Waals surface area contributed by atoms with Crippen molar-refractivity contribution in [1.29, 1.82) is 5.26 Å². The standard InChI is InChI=1S/C13H13N3O/c1-2-11(8-14)16-13(17)10-4-3-9-5-6-15-12(9)7-10/h3-7,11,15H,2H2,1H3,(H,16,17)/t11-/m0/s1. The van der Waals surface area contributed by atoms with Gasteiger partial charge in [-0.25, -0.2) is 0 Å². The molecule has 1 heterocycles. The fraction of sp³-hybridized carbons (Fsp3) is 0.231. The summed E-state index contributed by atoms with van der Waals surface area (Å²) in [6.45, 7) is 1.86. The van der Waals surface area contributed by atoms with Crippen molar-refractivity contribution < 1.29 is 4.79 Å². The lowest BCUT2D eigenvalue weighted by Gasteiger charge is -2.08. The molecule has 1 atom stereocenters. The van der Waals surface area contributed by atoms with E-state index in [2.05, 4.69) is 10.3 Å². The number of aromatic nitrogens is 1. The van der Waals surface area contributed by atoms with Gasteiger partial charge in [-0.3, -0.25) is 4.79 Å². The lowest BCUT2D eigenvalue weighted by molar-refractivity contribution is 0.0945. The molecule has 0 radical (unpaired) electrons. The van der Waals surface area contributed by atoms with E-state index >= 15 is 0 Å². The zero-order chi connectivity index (χ0) is 12.3. The van der Waals surface area contributed by atoms with Gasteiger partial charge in [0.25, 0.3) is 5.91 Å². The summed E-state index contributed by atoms with van der Waals surface area (Å²) in [6.07, 6.45) is 2.43. The third-order valence-electron chi connectivity index (χ3n) is 2.69. The maximum absolute atomic E-state index is 11.9. The summed E-state index contributed by atoms with van der Waals surface area (Å²) in [7, 11) is 0. The number of H-pyrrole nitrogens is 1. The van der Waals surface area contributed by atoms with E-state index in [1.165, 1.54) is 0 Å². The first-order valence-electron chi connectivity index (χ1n) is 5.52. The number of aromatic amines is 1. The van der Waals surface area contributed by atoms with E-state index in [1.54, 1.807) is 12.1 Å². The number of fused-ring (bicyclic) bond motifs is 1. The van der Waals surface area contributed by atoms with Gasteiger partial charge in [-0.2, -0.15) is 5.26 Å². The third kappa shape index (κ3) is 2.28. The van der Waals surface area contributed by atoms with Gasteiger partial charge in [-0.15, -0.1) is 0 Å². The van der Waals surface area contributed by atoms with Crippen LogP contribution in [0.25, 0.3) is 10.9 Å². The van der Waals surface area contributed by atoms with Crippen molar-refractivity contribution in [3.63, 3.8) is 0 Å². The zero-order valence-corrected chi connectivity index (χ0v) is 9.53. The first-order chi connectivity index (χ1) is 8.24. The number of carbonyl (C=O) groups is 1. The molecule has 2 N–H and O–H groups in total. The number of nitrogens with zero attached hydrogens (tertiary/aromatic N) is 1. The molecule has 1 aromatic carbocycles. The van der Waals surface area contributed by atoms with E-state index in [0.29, 0.717) is 12.0 Å². The molecular weight excluding hydrogens is 214 g/mol. The highest BCUT2D eigenvalue weighted by Crippen LogP contribution is 2.14. The number of hydrogen-bond acceptors (Lipinski definition) is 2. The molecule has 0 aliphatic heterocycles. The predicted molar refractivity (Wildman–Crippen MR) is 65.5 cm³/mol. The van der Waals surface area contributed by atoms with Crippen molar-refractivity contribution in [2.75, 3.05) is 0 Å². The Kier molecular flexibility index (Phi) is 3.10. The Labute approximate surface area is 99.3 Å². The van der Waals surface area contributed by atoms with Gasteiger partial charge >= 0.3 is 0 Å². The van der Waals surface area contributed by atoms with E-state index in [4.69, 9.17) is 5.26 Å². The third-order valence-corrected chi connectivity index (χ3v) is 2.69. The van der Waals surface area contributed by atoms with Crippen molar-refractivity contribution in [2.24, 2.45) is 0 Å². The summed E-state index contributed by atoms with van der Waals surface area (Å²) in [5.41, 5.74) is 1.48. The molecule has 0 saturated carbocycles. The van der Waals surface area contributed by atoms with Crippen LogP contribution in [0, 0.1) is 11.3 Å². The molecule has 2 aromatic rings. The first-order valence-corrected chi connectivity index (χ1v) is 5.52. The van der Waals surface area contributed by atoms with Gasteiger partial charge in [-0.05, 0) is 30.0 Å². The molecule has 0 spiro atoms. The summed E-state index contributed by atoms with van der Waals surface area (Å²) in [6, 6.07) is 8.99. The van der Waals surface area contributed by atoms with Crippen molar-refractivity contribution in [3.05, 3.63) is 36.0 Å². The van der Waals surface area contributed by atoms with Gasteiger partial charge in [0.15, 0.2) is 0 Å². The van der Waals surface area contributed by atoms with Crippen molar-refractivity contribution >= 4 is 16.8 Å². The summed E-state index contributed by atoms with van der Waals surface area (Å²) in [4.78, 5) is 14.9. The van der Waals surface area contributed by atoms with Crippen LogP contribution in [0.3, 0.4) is 0 Å². The highest BCUT2D eigenvalue weighted by Gasteiger charge is 2.11. The summed E-state index contributed by atoms with van der Waals surface area (Å²) in [5, 5.41) is 12.5. The molecule has 0 aliphatic rings. The Morgan fingerprint density at radius 3 is 3.06 bits per heavy atom. The number of amides is 1. The van der Waals surface area contributed by atoms with Crippen molar-refractivity contribution in [1.82, 2.24) is 10.3 Å². The van der Waals surface area contributed by atoms with Crippen LogP contribution in [-0.4, -0.2) is 16.9 Å². The maximum Gasteiger partial charge on any atom is 0.252 e. The normalized spacial score (nSPS) is 12.0. The molecule has 0 unspecified atom stereocenters. The lowest BCUT2D eigenvalue weighted by Crippen LogP contribution is -2.33. The largest absolute Gasteiger partial charge is 0.361 e. The topological polar surface area (TPSA) is 68.7 Å². The van der Waals surface area contributed by atoms with Gasteiger partial charge in [0.2, 0.25) is 0 Å². The number of nitrogens with one attached hydrogen (secondary N) is 2. The first kappa shape index (κ1) is 11.2. The molecule has 17 heavy (non-hydrogen) atoms. The molecule has 0 saturated heterocycles. The monoisotopic (exact) mass is 227 g/mol. The Balaban J connectivity index is 2.21. The average Bonchev–Trinajstić information content (AvgIpc) is 2.82. The molecule has 2 rings (SSSR count). The molecular formula is C13H13N3O. The van der Waals surface area contributed by atoms with Gasteiger partial charge in [0.1, 0.15) is 6.04 Å². The molecule has 0 bridgehead atoms.